The number of anilines is 1. The second kappa shape index (κ2) is 6.49. The summed E-state index contributed by atoms with van der Waals surface area (Å²) in [6.45, 7) is 3.24. The number of nitrogens with two attached hydrogens (primary N) is 1. The maximum absolute atomic E-state index is 11.0. The van der Waals surface area contributed by atoms with Crippen LogP contribution in [-0.4, -0.2) is 34.0 Å². The van der Waals surface area contributed by atoms with Crippen LogP contribution in [0.2, 0.25) is 0 Å². The van der Waals surface area contributed by atoms with Crippen molar-refractivity contribution in [3.05, 3.63) is 29.8 Å². The van der Waals surface area contributed by atoms with Crippen molar-refractivity contribution in [2.45, 2.75) is 31.8 Å². The predicted molar refractivity (Wildman–Crippen MR) is 78.9 cm³/mol. The van der Waals surface area contributed by atoms with E-state index in [2.05, 4.69) is 9.66 Å². The molecule has 2 rings (SSSR count). The summed E-state index contributed by atoms with van der Waals surface area (Å²) in [5, 5.41) is 4.86. The zero-order valence-corrected chi connectivity index (χ0v) is 13.4. The Labute approximate surface area is 129 Å². The molecule has 2 unspecified atom stereocenters. The standard InChI is InChI=1S/C13H20N2O6S/c1-13(2)20-11(8-19-22(14,16)17)12(21-13)9-6-4-5-7-10(9)15-18-3/h4-7,11-12,15H,8H2,1-3H3,(H2,14,16,17). The van der Waals surface area contributed by atoms with Gasteiger partial charge in [0.2, 0.25) is 0 Å². The summed E-state index contributed by atoms with van der Waals surface area (Å²) in [4.78, 5) is 4.94. The first-order valence-corrected chi connectivity index (χ1v) is 8.10. The minimum Gasteiger partial charge on any atom is -0.342 e. The molecule has 1 heterocycles. The molecule has 0 saturated carbocycles. The van der Waals surface area contributed by atoms with Crippen LogP contribution in [0.4, 0.5) is 5.69 Å². The van der Waals surface area contributed by atoms with E-state index in [1.807, 2.05) is 24.3 Å². The van der Waals surface area contributed by atoms with Gasteiger partial charge in [0.15, 0.2) is 5.79 Å². The van der Waals surface area contributed by atoms with E-state index in [9.17, 15) is 8.42 Å². The number of benzene rings is 1. The van der Waals surface area contributed by atoms with Crippen molar-refractivity contribution in [3.63, 3.8) is 0 Å². The molecule has 2 atom stereocenters. The maximum atomic E-state index is 11.0. The molecule has 8 nitrogen and oxygen atoms in total. The summed E-state index contributed by atoms with van der Waals surface area (Å²) in [6, 6.07) is 7.32. The fourth-order valence-corrected chi connectivity index (χ4v) is 2.65. The van der Waals surface area contributed by atoms with Gasteiger partial charge in [0.25, 0.3) is 0 Å². The third-order valence-corrected chi connectivity index (χ3v) is 3.52. The molecular weight excluding hydrogens is 312 g/mol. The van der Waals surface area contributed by atoms with Crippen LogP contribution < -0.4 is 10.6 Å². The summed E-state index contributed by atoms with van der Waals surface area (Å²) in [5.74, 6) is -0.878. The summed E-state index contributed by atoms with van der Waals surface area (Å²) in [5.41, 5.74) is 4.21. The molecule has 1 aromatic carbocycles. The molecule has 0 bridgehead atoms. The van der Waals surface area contributed by atoms with Gasteiger partial charge in [-0.15, -0.1) is 0 Å². The van der Waals surface area contributed by atoms with Crippen molar-refractivity contribution in [2.75, 3.05) is 19.2 Å². The molecule has 1 aliphatic heterocycles. The zero-order valence-electron chi connectivity index (χ0n) is 12.6. The largest absolute Gasteiger partial charge is 0.342 e. The highest BCUT2D eigenvalue weighted by molar-refractivity contribution is 7.84. The van der Waals surface area contributed by atoms with Crippen molar-refractivity contribution in [2.24, 2.45) is 5.14 Å². The fraction of sp³-hybridized carbons (Fsp3) is 0.538. The topological polar surface area (TPSA) is 109 Å². The fourth-order valence-electron chi connectivity index (χ4n) is 2.33. The molecule has 22 heavy (non-hydrogen) atoms. The molecule has 1 saturated heterocycles. The van der Waals surface area contributed by atoms with Crippen LogP contribution in [-0.2, 0) is 28.8 Å². The Bertz CT molecular complexity index is 619. The molecule has 124 valence electrons. The van der Waals surface area contributed by atoms with E-state index in [0.717, 1.165) is 5.56 Å². The third kappa shape index (κ3) is 4.38. The molecule has 0 radical (unpaired) electrons. The van der Waals surface area contributed by atoms with Gasteiger partial charge in [-0.3, -0.25) is 14.5 Å². The average Bonchev–Trinajstić information content (AvgIpc) is 2.72. The second-order valence-electron chi connectivity index (χ2n) is 5.27. The highest BCUT2D eigenvalue weighted by Crippen LogP contribution is 2.40. The van der Waals surface area contributed by atoms with Gasteiger partial charge < -0.3 is 9.47 Å². The van der Waals surface area contributed by atoms with Crippen molar-refractivity contribution < 1.29 is 26.9 Å². The van der Waals surface area contributed by atoms with Crippen LogP contribution in [0.3, 0.4) is 0 Å². The average molecular weight is 332 g/mol. The van der Waals surface area contributed by atoms with E-state index < -0.39 is 28.3 Å². The first-order valence-electron chi connectivity index (χ1n) is 6.62. The number of hydrogen-bond acceptors (Lipinski definition) is 7. The molecule has 0 aromatic heterocycles. The van der Waals surface area contributed by atoms with Crippen molar-refractivity contribution in [1.82, 2.24) is 0 Å². The van der Waals surface area contributed by atoms with E-state index in [1.165, 1.54) is 7.11 Å². The lowest BCUT2D eigenvalue weighted by Crippen LogP contribution is -2.28. The van der Waals surface area contributed by atoms with Crippen molar-refractivity contribution in [3.8, 4) is 0 Å². The van der Waals surface area contributed by atoms with Gasteiger partial charge in [0, 0.05) is 5.56 Å². The van der Waals surface area contributed by atoms with Crippen molar-refractivity contribution in [1.29, 1.82) is 0 Å². The van der Waals surface area contributed by atoms with Gasteiger partial charge in [-0.1, -0.05) is 18.2 Å². The van der Waals surface area contributed by atoms with Crippen LogP contribution in [0.15, 0.2) is 24.3 Å². The third-order valence-electron chi connectivity index (χ3n) is 3.06. The zero-order chi connectivity index (χ0) is 16.4. The van der Waals surface area contributed by atoms with Crippen LogP contribution in [0.25, 0.3) is 0 Å². The highest BCUT2D eigenvalue weighted by Gasteiger charge is 2.43. The van der Waals surface area contributed by atoms with E-state index in [0.29, 0.717) is 5.69 Å². The van der Waals surface area contributed by atoms with Gasteiger partial charge in [0.1, 0.15) is 12.2 Å². The summed E-state index contributed by atoms with van der Waals surface area (Å²) >= 11 is 0. The number of hydrogen-bond donors (Lipinski definition) is 2. The summed E-state index contributed by atoms with van der Waals surface area (Å²) < 4.78 is 38.2. The Hall–Kier alpha value is -1.23. The molecule has 0 aliphatic carbocycles. The lowest BCUT2D eigenvalue weighted by molar-refractivity contribution is -0.148. The minimum absolute atomic E-state index is 0.242. The second-order valence-corrected chi connectivity index (χ2v) is 6.49. The van der Waals surface area contributed by atoms with E-state index in [4.69, 9.17) is 19.5 Å². The van der Waals surface area contributed by atoms with Crippen molar-refractivity contribution >= 4 is 16.0 Å². The summed E-state index contributed by atoms with van der Waals surface area (Å²) in [6.07, 6.45) is -1.16. The maximum Gasteiger partial charge on any atom is 0.333 e. The Morgan fingerprint density at radius 1 is 1.32 bits per heavy atom. The Balaban J connectivity index is 2.26. The van der Waals surface area contributed by atoms with Gasteiger partial charge >= 0.3 is 10.3 Å². The van der Waals surface area contributed by atoms with Gasteiger partial charge in [0.05, 0.1) is 19.4 Å². The quantitative estimate of drug-likeness (QED) is 0.750. The van der Waals surface area contributed by atoms with Crippen LogP contribution in [0.5, 0.6) is 0 Å². The van der Waals surface area contributed by atoms with Gasteiger partial charge in [-0.05, 0) is 19.9 Å². The monoisotopic (exact) mass is 332 g/mol. The molecule has 1 fully saturated rings. The van der Waals surface area contributed by atoms with E-state index in [1.54, 1.807) is 13.8 Å². The predicted octanol–water partition coefficient (Wildman–Crippen LogP) is 1.07. The van der Waals surface area contributed by atoms with E-state index in [-0.39, 0.29) is 6.61 Å². The highest BCUT2D eigenvalue weighted by atomic mass is 32.2. The Kier molecular flexibility index (Phi) is 5.05. The van der Waals surface area contributed by atoms with Crippen LogP contribution in [0, 0.1) is 0 Å². The minimum atomic E-state index is -4.05. The SMILES string of the molecule is CONc1ccccc1C1OC(C)(C)OC1COS(N)(=O)=O. The van der Waals surface area contributed by atoms with E-state index >= 15 is 0 Å². The lowest BCUT2D eigenvalue weighted by Gasteiger charge is -2.20. The molecule has 1 aromatic rings. The number of rotatable bonds is 6. The molecule has 0 amide bonds. The van der Waals surface area contributed by atoms with Crippen LogP contribution in [0.1, 0.15) is 25.5 Å². The number of nitrogens with one attached hydrogen (secondary N) is 1. The Morgan fingerprint density at radius 2 is 2.00 bits per heavy atom. The van der Waals surface area contributed by atoms with Gasteiger partial charge in [-0.2, -0.15) is 8.42 Å². The molecular formula is C13H20N2O6S. The molecule has 0 spiro atoms. The van der Waals surface area contributed by atoms with Crippen LogP contribution >= 0.6 is 0 Å². The Morgan fingerprint density at radius 3 is 2.64 bits per heavy atom. The normalized spacial score (nSPS) is 24.4. The summed E-state index contributed by atoms with van der Waals surface area (Å²) in [7, 11) is -2.56. The number of ether oxygens (including phenoxy) is 2. The van der Waals surface area contributed by atoms with Gasteiger partial charge in [-0.25, -0.2) is 5.14 Å². The first-order chi connectivity index (χ1) is 10.2. The number of para-hydroxylation sites is 1. The first kappa shape index (κ1) is 17.1. The molecule has 1 aliphatic rings. The molecule has 3 N–H and O–H groups in total. The lowest BCUT2D eigenvalue weighted by atomic mass is 10.0. The molecule has 9 heteroatoms. The smallest absolute Gasteiger partial charge is 0.333 e.